The van der Waals surface area contributed by atoms with Gasteiger partial charge in [0.2, 0.25) is 5.91 Å². The Hall–Kier alpha value is -4.32. The molecule has 0 bridgehead atoms. The lowest BCUT2D eigenvalue weighted by Crippen LogP contribution is -2.34. The first kappa shape index (κ1) is 21.5. The van der Waals surface area contributed by atoms with Crippen LogP contribution in [0.2, 0.25) is 0 Å². The van der Waals surface area contributed by atoms with E-state index in [0.29, 0.717) is 29.7 Å². The molecular formula is C28H23N3O3. The van der Waals surface area contributed by atoms with Crippen molar-refractivity contribution in [2.45, 2.75) is 12.8 Å². The summed E-state index contributed by atoms with van der Waals surface area (Å²) in [6.45, 7) is 0.172. The van der Waals surface area contributed by atoms with E-state index in [1.54, 1.807) is 30.5 Å². The molecule has 0 saturated carbocycles. The molecule has 6 nitrogen and oxygen atoms in total. The van der Waals surface area contributed by atoms with Crippen LogP contribution in [0.1, 0.15) is 32.7 Å². The van der Waals surface area contributed by atoms with Crippen LogP contribution in [-0.2, 0) is 11.2 Å². The third kappa shape index (κ3) is 4.18. The lowest BCUT2D eigenvalue weighted by molar-refractivity contribution is -0.120. The molecular weight excluding hydrogens is 426 g/mol. The number of carbonyl (C=O) groups is 3. The molecule has 0 radical (unpaired) electrons. The van der Waals surface area contributed by atoms with Gasteiger partial charge in [-0.3, -0.25) is 24.3 Å². The Morgan fingerprint density at radius 2 is 1.50 bits per heavy atom. The number of fused-ring (bicyclic) bond motifs is 2. The second-order valence-electron chi connectivity index (χ2n) is 8.35. The topological polar surface area (TPSA) is 79.4 Å². The Bertz CT molecular complexity index is 1340. The number of anilines is 1. The van der Waals surface area contributed by atoms with E-state index in [1.807, 2.05) is 60.7 Å². The van der Waals surface area contributed by atoms with Crippen molar-refractivity contribution in [3.05, 3.63) is 108 Å². The number of para-hydroxylation sites is 1. The van der Waals surface area contributed by atoms with Crippen LogP contribution in [0.15, 0.2) is 91.1 Å². The quantitative estimate of drug-likeness (QED) is 0.414. The number of hydrogen-bond acceptors (Lipinski definition) is 4. The Morgan fingerprint density at radius 3 is 2.24 bits per heavy atom. The number of carbonyl (C=O) groups excluding carboxylic acids is 3. The minimum absolute atomic E-state index is 0.168. The maximum Gasteiger partial charge on any atom is 0.261 e. The molecule has 0 fully saturated rings. The number of amides is 3. The molecule has 5 rings (SSSR count). The zero-order valence-electron chi connectivity index (χ0n) is 18.5. The van der Waals surface area contributed by atoms with E-state index in [9.17, 15) is 14.4 Å². The van der Waals surface area contributed by atoms with E-state index in [-0.39, 0.29) is 24.3 Å². The number of pyridine rings is 1. The monoisotopic (exact) mass is 449 g/mol. The highest BCUT2D eigenvalue weighted by Gasteiger charge is 2.35. The number of imide groups is 1. The van der Waals surface area contributed by atoms with Crippen molar-refractivity contribution in [2.75, 3.05) is 11.9 Å². The van der Waals surface area contributed by atoms with Crippen molar-refractivity contribution < 1.29 is 14.4 Å². The van der Waals surface area contributed by atoms with Crippen LogP contribution in [0.25, 0.3) is 10.9 Å². The van der Waals surface area contributed by atoms with Crippen LogP contribution in [0.5, 0.6) is 0 Å². The van der Waals surface area contributed by atoms with Crippen LogP contribution in [0, 0.1) is 5.92 Å². The number of hydrogen-bond donors (Lipinski definition) is 1. The fourth-order valence-electron chi connectivity index (χ4n) is 4.39. The molecule has 1 unspecified atom stereocenters. The average Bonchev–Trinajstić information content (AvgIpc) is 3.12. The van der Waals surface area contributed by atoms with Crippen LogP contribution >= 0.6 is 0 Å². The first-order valence-electron chi connectivity index (χ1n) is 11.3. The summed E-state index contributed by atoms with van der Waals surface area (Å²) in [5.74, 6) is -1.22. The van der Waals surface area contributed by atoms with E-state index < -0.39 is 5.92 Å². The van der Waals surface area contributed by atoms with E-state index in [1.165, 1.54) is 4.90 Å². The highest BCUT2D eigenvalue weighted by atomic mass is 16.2. The SMILES string of the molecule is O=C(Nc1cccc2cccnc12)C(CCN1C(=O)c2ccccc2C1=O)Cc1ccccc1. The van der Waals surface area contributed by atoms with Gasteiger partial charge < -0.3 is 5.32 Å². The fraction of sp³-hybridized carbons (Fsp3) is 0.143. The van der Waals surface area contributed by atoms with Gasteiger partial charge in [0.05, 0.1) is 22.3 Å². The Kier molecular flexibility index (Phi) is 5.87. The van der Waals surface area contributed by atoms with E-state index >= 15 is 0 Å². The van der Waals surface area contributed by atoms with Gasteiger partial charge in [-0.15, -0.1) is 0 Å². The molecule has 1 aliphatic rings. The maximum atomic E-state index is 13.4. The molecule has 1 aliphatic heterocycles. The lowest BCUT2D eigenvalue weighted by Gasteiger charge is -2.21. The standard InChI is InChI=1S/C28H23N3O3/c32-26(30-24-14-6-10-20-11-7-16-29-25(20)24)21(18-19-8-2-1-3-9-19)15-17-31-27(33)22-12-4-5-13-23(22)28(31)34/h1-14,16,21H,15,17-18H2,(H,30,32). The predicted molar refractivity (Wildman–Crippen MR) is 130 cm³/mol. The minimum atomic E-state index is -0.439. The van der Waals surface area contributed by atoms with Crippen LogP contribution in [-0.4, -0.2) is 34.2 Å². The summed E-state index contributed by atoms with van der Waals surface area (Å²) >= 11 is 0. The van der Waals surface area contributed by atoms with Gasteiger partial charge in [0.1, 0.15) is 0 Å². The molecule has 2 heterocycles. The summed E-state index contributed by atoms with van der Waals surface area (Å²) < 4.78 is 0. The molecule has 6 heteroatoms. The van der Waals surface area contributed by atoms with Gasteiger partial charge in [-0.2, -0.15) is 0 Å². The van der Waals surface area contributed by atoms with Gasteiger partial charge in [-0.25, -0.2) is 0 Å². The highest BCUT2D eigenvalue weighted by molar-refractivity contribution is 6.21. The zero-order valence-corrected chi connectivity index (χ0v) is 18.5. The van der Waals surface area contributed by atoms with E-state index in [2.05, 4.69) is 10.3 Å². The molecule has 0 saturated heterocycles. The van der Waals surface area contributed by atoms with Gasteiger partial charge in [0.15, 0.2) is 0 Å². The molecule has 0 spiro atoms. The molecule has 1 aromatic heterocycles. The highest BCUT2D eigenvalue weighted by Crippen LogP contribution is 2.26. The number of aromatic nitrogens is 1. The van der Waals surface area contributed by atoms with E-state index in [0.717, 1.165) is 16.5 Å². The summed E-state index contributed by atoms with van der Waals surface area (Å²) in [6, 6.07) is 26.0. The van der Waals surface area contributed by atoms with Gasteiger partial charge in [-0.05, 0) is 42.7 Å². The molecule has 1 atom stereocenters. The van der Waals surface area contributed by atoms with Gasteiger partial charge in [0.25, 0.3) is 11.8 Å². The third-order valence-electron chi connectivity index (χ3n) is 6.17. The van der Waals surface area contributed by atoms with Crippen molar-refractivity contribution in [2.24, 2.45) is 5.92 Å². The summed E-state index contributed by atoms with van der Waals surface area (Å²) in [5, 5.41) is 3.97. The number of benzene rings is 3. The van der Waals surface area contributed by atoms with Crippen molar-refractivity contribution >= 4 is 34.3 Å². The van der Waals surface area contributed by atoms with Crippen LogP contribution in [0.3, 0.4) is 0 Å². The number of rotatable bonds is 7. The third-order valence-corrected chi connectivity index (χ3v) is 6.17. The van der Waals surface area contributed by atoms with E-state index in [4.69, 9.17) is 0 Å². The normalized spacial score (nSPS) is 13.7. The van der Waals surface area contributed by atoms with Crippen LogP contribution < -0.4 is 5.32 Å². The maximum absolute atomic E-state index is 13.4. The molecule has 168 valence electrons. The summed E-state index contributed by atoms with van der Waals surface area (Å²) in [5.41, 5.74) is 3.21. The largest absolute Gasteiger partial charge is 0.324 e. The number of nitrogens with one attached hydrogen (secondary N) is 1. The second kappa shape index (κ2) is 9.27. The molecule has 3 amide bonds. The zero-order chi connectivity index (χ0) is 23.5. The molecule has 0 aliphatic carbocycles. The Labute approximate surface area is 197 Å². The summed E-state index contributed by atoms with van der Waals surface area (Å²) in [6.07, 6.45) is 2.54. The number of nitrogens with zero attached hydrogens (tertiary/aromatic N) is 2. The smallest absolute Gasteiger partial charge is 0.261 e. The molecule has 1 N–H and O–H groups in total. The van der Waals surface area contributed by atoms with Gasteiger partial charge >= 0.3 is 0 Å². The molecule has 4 aromatic rings. The second-order valence-corrected chi connectivity index (χ2v) is 8.35. The first-order chi connectivity index (χ1) is 16.6. The average molecular weight is 450 g/mol. The Morgan fingerprint density at radius 1 is 0.824 bits per heavy atom. The van der Waals surface area contributed by atoms with Crippen LogP contribution in [0.4, 0.5) is 5.69 Å². The summed E-state index contributed by atoms with van der Waals surface area (Å²) in [7, 11) is 0. The van der Waals surface area contributed by atoms with Crippen molar-refractivity contribution in [1.29, 1.82) is 0 Å². The van der Waals surface area contributed by atoms with Gasteiger partial charge in [-0.1, -0.05) is 60.7 Å². The Balaban J connectivity index is 1.37. The minimum Gasteiger partial charge on any atom is -0.324 e. The molecule has 3 aromatic carbocycles. The van der Waals surface area contributed by atoms with Gasteiger partial charge in [0, 0.05) is 24.0 Å². The predicted octanol–water partition coefficient (Wildman–Crippen LogP) is 4.72. The lowest BCUT2D eigenvalue weighted by atomic mass is 9.94. The fourth-order valence-corrected chi connectivity index (χ4v) is 4.39. The summed E-state index contributed by atoms with van der Waals surface area (Å²) in [4.78, 5) is 44.6. The molecule has 34 heavy (non-hydrogen) atoms. The first-order valence-corrected chi connectivity index (χ1v) is 11.3. The van der Waals surface area contributed by atoms with Crippen molar-refractivity contribution in [3.8, 4) is 0 Å². The van der Waals surface area contributed by atoms with Crippen molar-refractivity contribution in [1.82, 2.24) is 9.88 Å². The van der Waals surface area contributed by atoms with Crippen molar-refractivity contribution in [3.63, 3.8) is 0 Å².